The second kappa shape index (κ2) is 4.55. The highest BCUT2D eigenvalue weighted by Gasteiger charge is 2.28. The molecule has 1 N–H and O–H groups in total. The van der Waals surface area contributed by atoms with Crippen molar-refractivity contribution < 1.29 is 18.3 Å². The lowest BCUT2D eigenvalue weighted by atomic mass is 10.1. The highest BCUT2D eigenvalue weighted by Crippen LogP contribution is 2.26. The average Bonchev–Trinajstić information content (AvgIpc) is 2.80. The minimum absolute atomic E-state index is 0.0305. The van der Waals surface area contributed by atoms with E-state index in [0.29, 0.717) is 23.9 Å². The maximum absolute atomic E-state index is 11.7. The zero-order valence-electron chi connectivity index (χ0n) is 10.6. The molecule has 0 spiro atoms. The third-order valence-corrected chi connectivity index (χ3v) is 5.32. The van der Waals surface area contributed by atoms with Gasteiger partial charge in [-0.05, 0) is 25.0 Å². The van der Waals surface area contributed by atoms with Crippen LogP contribution in [-0.2, 0) is 9.84 Å². The van der Waals surface area contributed by atoms with E-state index in [9.17, 15) is 13.2 Å². The number of sulfone groups is 1. The second-order valence-corrected chi connectivity index (χ2v) is 7.15. The Hall–Kier alpha value is -1.96. The lowest BCUT2D eigenvalue weighted by molar-refractivity contribution is 0.0699. The van der Waals surface area contributed by atoms with Gasteiger partial charge >= 0.3 is 5.97 Å². The molecule has 3 rings (SSSR count). The van der Waals surface area contributed by atoms with Crippen LogP contribution in [0.15, 0.2) is 18.2 Å². The van der Waals surface area contributed by atoms with E-state index in [4.69, 9.17) is 5.11 Å². The summed E-state index contributed by atoms with van der Waals surface area (Å²) in [5.74, 6) is -0.835. The molecule has 0 saturated carbocycles. The van der Waals surface area contributed by atoms with Gasteiger partial charge in [0.05, 0.1) is 28.6 Å². The normalized spacial score (nSPS) is 21.9. The summed E-state index contributed by atoms with van der Waals surface area (Å²) in [5.41, 5.74) is 0.933. The van der Waals surface area contributed by atoms with Crippen molar-refractivity contribution in [2.75, 3.05) is 11.5 Å². The summed E-state index contributed by atoms with van der Waals surface area (Å²) in [5, 5.41) is 17.0. The lowest BCUT2D eigenvalue weighted by Crippen LogP contribution is -2.28. The van der Waals surface area contributed by atoms with E-state index in [1.54, 1.807) is 16.8 Å². The van der Waals surface area contributed by atoms with E-state index >= 15 is 0 Å². The molecule has 1 aliphatic rings. The number of benzene rings is 1. The minimum atomic E-state index is -3.06. The van der Waals surface area contributed by atoms with Crippen LogP contribution in [0.1, 0.15) is 29.2 Å². The molecule has 1 aliphatic heterocycles. The molecule has 0 aliphatic carbocycles. The number of aromatic nitrogens is 3. The molecule has 2 heterocycles. The van der Waals surface area contributed by atoms with E-state index in [1.807, 2.05) is 0 Å². The molecule has 7 nitrogen and oxygen atoms in total. The molecule has 1 saturated heterocycles. The lowest BCUT2D eigenvalue weighted by Gasteiger charge is -2.22. The molecule has 2 aromatic rings. The second-order valence-electron chi connectivity index (χ2n) is 4.92. The van der Waals surface area contributed by atoms with Crippen LogP contribution >= 0.6 is 0 Å². The Balaban J connectivity index is 2.09. The van der Waals surface area contributed by atoms with Gasteiger partial charge in [-0.25, -0.2) is 17.9 Å². The maximum atomic E-state index is 11.7. The largest absolute Gasteiger partial charge is 0.478 e. The van der Waals surface area contributed by atoms with Crippen LogP contribution in [0.2, 0.25) is 0 Å². The van der Waals surface area contributed by atoms with Gasteiger partial charge in [0, 0.05) is 0 Å². The molecule has 0 bridgehead atoms. The fraction of sp³-hybridized carbons (Fsp3) is 0.417. The van der Waals surface area contributed by atoms with Crippen molar-refractivity contribution in [3.05, 3.63) is 23.8 Å². The summed E-state index contributed by atoms with van der Waals surface area (Å²) < 4.78 is 25.0. The van der Waals surface area contributed by atoms with Crippen LogP contribution in [0.4, 0.5) is 0 Å². The number of carboxylic acid groups (broad SMARTS) is 1. The monoisotopic (exact) mass is 295 g/mol. The van der Waals surface area contributed by atoms with Crippen molar-refractivity contribution in [1.29, 1.82) is 0 Å². The summed E-state index contributed by atoms with van der Waals surface area (Å²) in [4.78, 5) is 11.1. The van der Waals surface area contributed by atoms with Crippen molar-refractivity contribution in [3.63, 3.8) is 0 Å². The molecule has 1 aromatic carbocycles. The van der Waals surface area contributed by atoms with Crippen LogP contribution in [0, 0.1) is 0 Å². The molecule has 1 aromatic heterocycles. The first kappa shape index (κ1) is 13.0. The summed E-state index contributed by atoms with van der Waals surface area (Å²) >= 11 is 0. The van der Waals surface area contributed by atoms with E-state index < -0.39 is 15.8 Å². The number of aromatic carboxylic acids is 1. The van der Waals surface area contributed by atoms with Gasteiger partial charge in [0.1, 0.15) is 5.52 Å². The Bertz CT molecular complexity index is 781. The molecule has 0 radical (unpaired) electrons. The van der Waals surface area contributed by atoms with Crippen LogP contribution in [0.3, 0.4) is 0 Å². The quantitative estimate of drug-likeness (QED) is 0.882. The molecule has 8 heteroatoms. The van der Waals surface area contributed by atoms with E-state index in [2.05, 4.69) is 10.3 Å². The van der Waals surface area contributed by atoms with E-state index in [-0.39, 0.29) is 23.1 Å². The standard InChI is InChI=1S/C12H13N3O4S/c16-12(17)9-4-1-5-10-11(9)13-14-15(10)8-3-2-6-20(18,19)7-8/h1,4-5,8H,2-3,6-7H2,(H,16,17). The zero-order valence-corrected chi connectivity index (χ0v) is 11.4. The number of carbonyl (C=O) groups is 1. The molecule has 1 fully saturated rings. The van der Waals surface area contributed by atoms with Gasteiger partial charge in [-0.1, -0.05) is 11.3 Å². The predicted octanol–water partition coefficient (Wildman–Crippen LogP) is 0.879. The van der Waals surface area contributed by atoms with Gasteiger partial charge in [-0.15, -0.1) is 5.10 Å². The van der Waals surface area contributed by atoms with Gasteiger partial charge in [0.2, 0.25) is 0 Å². The first-order valence-corrected chi connectivity index (χ1v) is 8.08. The summed E-state index contributed by atoms with van der Waals surface area (Å²) in [7, 11) is -3.06. The Morgan fingerprint density at radius 1 is 1.40 bits per heavy atom. The average molecular weight is 295 g/mol. The van der Waals surface area contributed by atoms with Crippen molar-refractivity contribution in [3.8, 4) is 0 Å². The summed E-state index contributed by atoms with van der Waals surface area (Å²) in [6.07, 6.45) is 1.29. The SMILES string of the molecule is O=C(O)c1cccc2c1nnn2C1CCCS(=O)(=O)C1. The van der Waals surface area contributed by atoms with Gasteiger partial charge in [0.15, 0.2) is 9.84 Å². The Kier molecular flexibility index (Phi) is 2.97. The van der Waals surface area contributed by atoms with Gasteiger partial charge < -0.3 is 5.11 Å². The number of carboxylic acids is 1. The van der Waals surface area contributed by atoms with Crippen LogP contribution in [-0.4, -0.2) is 46.0 Å². The summed E-state index contributed by atoms with van der Waals surface area (Å²) in [6, 6.07) is 4.51. The van der Waals surface area contributed by atoms with Gasteiger partial charge in [0.25, 0.3) is 0 Å². The highest BCUT2D eigenvalue weighted by molar-refractivity contribution is 7.91. The van der Waals surface area contributed by atoms with Crippen LogP contribution < -0.4 is 0 Å². The zero-order chi connectivity index (χ0) is 14.3. The fourth-order valence-corrected chi connectivity index (χ4v) is 4.26. The van der Waals surface area contributed by atoms with Crippen molar-refractivity contribution in [2.24, 2.45) is 0 Å². The number of nitrogens with zero attached hydrogens (tertiary/aromatic N) is 3. The first-order chi connectivity index (χ1) is 9.48. The maximum Gasteiger partial charge on any atom is 0.338 e. The van der Waals surface area contributed by atoms with Crippen molar-refractivity contribution in [1.82, 2.24) is 15.0 Å². The Morgan fingerprint density at radius 3 is 2.90 bits per heavy atom. The van der Waals surface area contributed by atoms with Gasteiger partial charge in [-0.2, -0.15) is 0 Å². The van der Waals surface area contributed by atoms with E-state index in [1.165, 1.54) is 6.07 Å². The molecule has 1 unspecified atom stereocenters. The topological polar surface area (TPSA) is 102 Å². The van der Waals surface area contributed by atoms with Crippen LogP contribution in [0.25, 0.3) is 11.0 Å². The van der Waals surface area contributed by atoms with Gasteiger partial charge in [-0.3, -0.25) is 0 Å². The summed E-state index contributed by atoms with van der Waals surface area (Å²) in [6.45, 7) is 0. The smallest absolute Gasteiger partial charge is 0.338 e. The Labute approximate surface area is 115 Å². The third kappa shape index (κ3) is 2.15. The van der Waals surface area contributed by atoms with E-state index in [0.717, 1.165) is 0 Å². The third-order valence-electron chi connectivity index (χ3n) is 3.52. The number of hydrogen-bond acceptors (Lipinski definition) is 5. The minimum Gasteiger partial charge on any atom is -0.478 e. The Morgan fingerprint density at radius 2 is 2.20 bits per heavy atom. The fourth-order valence-electron chi connectivity index (χ4n) is 2.60. The van der Waals surface area contributed by atoms with Crippen molar-refractivity contribution in [2.45, 2.75) is 18.9 Å². The number of fused-ring (bicyclic) bond motifs is 1. The highest BCUT2D eigenvalue weighted by atomic mass is 32.2. The van der Waals surface area contributed by atoms with Crippen molar-refractivity contribution >= 4 is 26.8 Å². The van der Waals surface area contributed by atoms with Crippen LogP contribution in [0.5, 0.6) is 0 Å². The first-order valence-electron chi connectivity index (χ1n) is 6.25. The molecule has 0 amide bonds. The number of rotatable bonds is 2. The molecular formula is C12H13N3O4S. The molecular weight excluding hydrogens is 282 g/mol. The number of hydrogen-bond donors (Lipinski definition) is 1. The molecule has 1 atom stereocenters. The molecule has 106 valence electrons. The predicted molar refractivity (Wildman–Crippen MR) is 71.4 cm³/mol. The molecule has 20 heavy (non-hydrogen) atoms.